The third-order valence-corrected chi connectivity index (χ3v) is 3.85. The second kappa shape index (κ2) is 5.57. The zero-order valence-electron chi connectivity index (χ0n) is 11.6. The lowest BCUT2D eigenvalue weighted by molar-refractivity contribution is 0.145. The van der Waals surface area contributed by atoms with Crippen LogP contribution in [0.1, 0.15) is 18.4 Å². The van der Waals surface area contributed by atoms with Crippen molar-refractivity contribution < 1.29 is 10.3 Å². The molecule has 2 aromatic rings. The number of rotatable bonds is 2. The number of aromatic nitrogens is 1. The molecule has 6 nitrogen and oxygen atoms in total. The number of hydrogen-bond acceptors (Lipinski definition) is 5. The van der Waals surface area contributed by atoms with E-state index in [4.69, 9.17) is 10.9 Å². The van der Waals surface area contributed by atoms with Crippen LogP contribution in [0.3, 0.4) is 0 Å². The van der Waals surface area contributed by atoms with Crippen molar-refractivity contribution in [1.82, 2.24) is 4.98 Å². The van der Waals surface area contributed by atoms with Gasteiger partial charge >= 0.3 is 0 Å². The Hall–Kier alpha value is -2.34. The molecule has 6 heteroatoms. The first-order chi connectivity index (χ1) is 10.2. The van der Waals surface area contributed by atoms with Crippen molar-refractivity contribution in [1.29, 1.82) is 0 Å². The summed E-state index contributed by atoms with van der Waals surface area (Å²) in [4.78, 5) is 6.74. The van der Waals surface area contributed by atoms with Crippen LogP contribution in [-0.2, 0) is 0 Å². The van der Waals surface area contributed by atoms with Gasteiger partial charge in [-0.05, 0) is 25.0 Å². The lowest BCUT2D eigenvalue weighted by Gasteiger charge is -2.31. The molecule has 4 N–H and O–H groups in total. The molecule has 2 heterocycles. The van der Waals surface area contributed by atoms with E-state index in [-0.39, 0.29) is 11.9 Å². The van der Waals surface area contributed by atoms with Crippen molar-refractivity contribution >= 4 is 22.6 Å². The number of hydrogen-bond donors (Lipinski definition) is 3. The largest absolute Gasteiger partial charge is 0.409 e. The maximum absolute atomic E-state index is 9.63. The van der Waals surface area contributed by atoms with Gasteiger partial charge in [-0.25, -0.2) is 4.98 Å². The van der Waals surface area contributed by atoms with E-state index in [1.54, 1.807) is 0 Å². The first-order valence-corrected chi connectivity index (χ1v) is 6.99. The molecule has 1 aliphatic rings. The summed E-state index contributed by atoms with van der Waals surface area (Å²) >= 11 is 0. The number of para-hydroxylation sites is 1. The summed E-state index contributed by atoms with van der Waals surface area (Å²) in [6, 6.07) is 9.63. The molecular formula is C15H18N4O2. The number of aliphatic hydroxyl groups excluding tert-OH is 1. The molecule has 0 atom stereocenters. The Morgan fingerprint density at radius 1 is 1.29 bits per heavy atom. The SMILES string of the molecule is NC(=NO)c1cc2ccccc2nc1N1CCC(O)CC1. The predicted octanol–water partition coefficient (Wildman–Crippen LogP) is 1.29. The second-order valence-corrected chi connectivity index (χ2v) is 5.26. The number of aliphatic hydroxyl groups is 1. The van der Waals surface area contributed by atoms with E-state index in [2.05, 4.69) is 15.0 Å². The van der Waals surface area contributed by atoms with Crippen LogP contribution >= 0.6 is 0 Å². The summed E-state index contributed by atoms with van der Waals surface area (Å²) < 4.78 is 0. The summed E-state index contributed by atoms with van der Waals surface area (Å²) in [5.74, 6) is 0.755. The number of oxime groups is 1. The summed E-state index contributed by atoms with van der Waals surface area (Å²) in [6.45, 7) is 1.41. The number of piperidine rings is 1. The highest BCUT2D eigenvalue weighted by molar-refractivity contribution is 6.04. The molecule has 1 fully saturated rings. The number of nitrogens with zero attached hydrogens (tertiary/aromatic N) is 3. The quantitative estimate of drug-likeness (QED) is 0.335. The minimum Gasteiger partial charge on any atom is -0.409 e. The molecule has 0 saturated carbocycles. The van der Waals surface area contributed by atoms with Gasteiger partial charge in [-0.2, -0.15) is 0 Å². The molecule has 1 saturated heterocycles. The van der Waals surface area contributed by atoms with Crippen molar-refractivity contribution in [2.75, 3.05) is 18.0 Å². The average Bonchev–Trinajstić information content (AvgIpc) is 2.53. The van der Waals surface area contributed by atoms with Crippen molar-refractivity contribution in [2.45, 2.75) is 18.9 Å². The van der Waals surface area contributed by atoms with Gasteiger partial charge in [0.1, 0.15) is 5.82 Å². The smallest absolute Gasteiger partial charge is 0.173 e. The molecule has 110 valence electrons. The van der Waals surface area contributed by atoms with E-state index in [1.807, 2.05) is 30.3 Å². The Morgan fingerprint density at radius 2 is 2.00 bits per heavy atom. The molecule has 0 bridgehead atoms. The standard InChI is InChI=1S/C15H18N4O2/c16-14(18-21)12-9-10-3-1-2-4-13(10)17-15(12)19-7-5-11(20)6-8-19/h1-4,9,11,20-21H,5-8H2,(H2,16,18). The minimum atomic E-state index is -0.256. The van der Waals surface area contributed by atoms with Crippen LogP contribution in [0.2, 0.25) is 0 Å². The molecule has 0 amide bonds. The van der Waals surface area contributed by atoms with Crippen LogP contribution in [0.15, 0.2) is 35.5 Å². The molecule has 1 aromatic heterocycles. The Kier molecular flexibility index (Phi) is 3.62. The first kappa shape index (κ1) is 13.6. The molecule has 0 unspecified atom stereocenters. The number of anilines is 1. The molecule has 1 aromatic carbocycles. The Balaban J connectivity index is 2.10. The summed E-state index contributed by atoms with van der Waals surface area (Å²) in [6.07, 6.45) is 1.14. The van der Waals surface area contributed by atoms with E-state index in [1.165, 1.54) is 0 Å². The molecule has 0 aliphatic carbocycles. The molecule has 1 aliphatic heterocycles. The number of nitrogens with two attached hydrogens (primary N) is 1. The maximum Gasteiger partial charge on any atom is 0.173 e. The van der Waals surface area contributed by atoms with Crippen molar-refractivity contribution in [3.63, 3.8) is 0 Å². The highest BCUT2D eigenvalue weighted by atomic mass is 16.4. The van der Waals surface area contributed by atoms with Crippen LogP contribution in [0, 0.1) is 0 Å². The van der Waals surface area contributed by atoms with Gasteiger partial charge in [0.2, 0.25) is 0 Å². The van der Waals surface area contributed by atoms with E-state index < -0.39 is 0 Å². The van der Waals surface area contributed by atoms with Crippen molar-refractivity contribution in [2.24, 2.45) is 10.9 Å². The van der Waals surface area contributed by atoms with Crippen molar-refractivity contribution in [3.05, 3.63) is 35.9 Å². The van der Waals surface area contributed by atoms with Gasteiger partial charge in [-0.1, -0.05) is 23.4 Å². The second-order valence-electron chi connectivity index (χ2n) is 5.26. The van der Waals surface area contributed by atoms with Gasteiger partial charge in [0.25, 0.3) is 0 Å². The van der Waals surface area contributed by atoms with E-state index >= 15 is 0 Å². The van der Waals surface area contributed by atoms with Gasteiger partial charge in [0, 0.05) is 18.5 Å². The third kappa shape index (κ3) is 2.62. The van der Waals surface area contributed by atoms with Gasteiger partial charge in [0.05, 0.1) is 17.2 Å². The van der Waals surface area contributed by atoms with Crippen LogP contribution < -0.4 is 10.6 Å². The summed E-state index contributed by atoms with van der Waals surface area (Å²) in [7, 11) is 0. The molecule has 21 heavy (non-hydrogen) atoms. The fourth-order valence-electron chi connectivity index (χ4n) is 2.67. The van der Waals surface area contributed by atoms with Crippen LogP contribution in [-0.4, -0.2) is 40.3 Å². The van der Waals surface area contributed by atoms with Crippen LogP contribution in [0.4, 0.5) is 5.82 Å². The van der Waals surface area contributed by atoms with E-state index in [0.717, 1.165) is 10.9 Å². The van der Waals surface area contributed by atoms with Crippen molar-refractivity contribution in [3.8, 4) is 0 Å². The minimum absolute atomic E-state index is 0.0503. The van der Waals surface area contributed by atoms with Gasteiger partial charge in [-0.3, -0.25) is 0 Å². The highest BCUT2D eigenvalue weighted by Crippen LogP contribution is 2.26. The lowest BCUT2D eigenvalue weighted by Crippen LogP contribution is -2.37. The molecule has 0 radical (unpaired) electrons. The fourth-order valence-corrected chi connectivity index (χ4v) is 2.67. The van der Waals surface area contributed by atoms with Gasteiger partial charge in [-0.15, -0.1) is 0 Å². The zero-order valence-corrected chi connectivity index (χ0v) is 11.6. The summed E-state index contributed by atoms with van der Waals surface area (Å²) in [5.41, 5.74) is 7.29. The Labute approximate surface area is 122 Å². The van der Waals surface area contributed by atoms with E-state index in [9.17, 15) is 5.11 Å². The van der Waals surface area contributed by atoms with Gasteiger partial charge in [0.15, 0.2) is 5.84 Å². The molecule has 3 rings (SSSR count). The van der Waals surface area contributed by atoms with Crippen LogP contribution in [0.5, 0.6) is 0 Å². The molecule has 0 spiro atoms. The Morgan fingerprint density at radius 3 is 2.71 bits per heavy atom. The Bertz CT molecular complexity index is 678. The third-order valence-electron chi connectivity index (χ3n) is 3.85. The molecular weight excluding hydrogens is 268 g/mol. The first-order valence-electron chi connectivity index (χ1n) is 6.99. The maximum atomic E-state index is 9.63. The van der Waals surface area contributed by atoms with E-state index in [0.29, 0.717) is 37.3 Å². The topological polar surface area (TPSA) is 95.0 Å². The van der Waals surface area contributed by atoms with Gasteiger partial charge < -0.3 is 20.9 Å². The zero-order chi connectivity index (χ0) is 14.8. The average molecular weight is 286 g/mol. The predicted molar refractivity (Wildman–Crippen MR) is 81.7 cm³/mol. The summed E-state index contributed by atoms with van der Waals surface area (Å²) in [5, 5.41) is 22.7. The fraction of sp³-hybridized carbons (Fsp3) is 0.333. The normalized spacial score (nSPS) is 17.4. The number of benzene rings is 1. The number of pyridine rings is 1. The monoisotopic (exact) mass is 286 g/mol. The highest BCUT2D eigenvalue weighted by Gasteiger charge is 2.22. The lowest BCUT2D eigenvalue weighted by atomic mass is 10.1. The van der Waals surface area contributed by atoms with Crippen LogP contribution in [0.25, 0.3) is 10.9 Å². The number of amidine groups is 1. The number of fused-ring (bicyclic) bond motifs is 1.